The summed E-state index contributed by atoms with van der Waals surface area (Å²) in [6, 6.07) is 7.82. The van der Waals surface area contributed by atoms with Crippen molar-refractivity contribution < 1.29 is 4.79 Å². The van der Waals surface area contributed by atoms with Crippen molar-refractivity contribution in [2.75, 3.05) is 36.4 Å². The van der Waals surface area contributed by atoms with Crippen molar-refractivity contribution in [1.82, 2.24) is 20.1 Å². The minimum atomic E-state index is 0.322. The molecule has 7 heteroatoms. The fourth-order valence-corrected chi connectivity index (χ4v) is 4.01. The molecule has 1 saturated heterocycles. The van der Waals surface area contributed by atoms with Gasteiger partial charge in [-0.3, -0.25) is 4.79 Å². The number of piperazine rings is 1. The first kappa shape index (κ1) is 18.7. The van der Waals surface area contributed by atoms with E-state index < -0.39 is 0 Å². The van der Waals surface area contributed by atoms with Crippen LogP contribution in [0.4, 0.5) is 17.5 Å². The minimum absolute atomic E-state index is 0.322. The Morgan fingerprint density at radius 1 is 1.04 bits per heavy atom. The predicted molar refractivity (Wildman–Crippen MR) is 110 cm³/mol. The van der Waals surface area contributed by atoms with Crippen LogP contribution in [0.25, 0.3) is 0 Å². The van der Waals surface area contributed by atoms with E-state index in [1.165, 1.54) is 25.7 Å². The van der Waals surface area contributed by atoms with E-state index in [0.717, 1.165) is 49.8 Å². The first-order valence-corrected chi connectivity index (χ1v) is 10.2. The molecule has 0 radical (unpaired) electrons. The van der Waals surface area contributed by atoms with E-state index in [1.807, 2.05) is 42.3 Å². The van der Waals surface area contributed by atoms with Gasteiger partial charge in [0.15, 0.2) is 11.6 Å². The molecule has 1 aliphatic carbocycles. The number of amides is 1. The molecular weight excluding hydrogens is 352 g/mol. The van der Waals surface area contributed by atoms with Crippen molar-refractivity contribution in [2.24, 2.45) is 5.92 Å². The van der Waals surface area contributed by atoms with Gasteiger partial charge in [0, 0.05) is 38.8 Å². The van der Waals surface area contributed by atoms with Gasteiger partial charge in [0.2, 0.25) is 5.91 Å². The Balaban J connectivity index is 1.28. The highest BCUT2D eigenvalue weighted by molar-refractivity contribution is 5.76. The lowest BCUT2D eigenvalue weighted by Gasteiger charge is -2.35. The Morgan fingerprint density at radius 2 is 1.79 bits per heavy atom. The summed E-state index contributed by atoms with van der Waals surface area (Å²) in [6.07, 6.45) is 7.56. The van der Waals surface area contributed by atoms with Gasteiger partial charge in [-0.05, 0) is 49.4 Å². The van der Waals surface area contributed by atoms with Crippen LogP contribution in [-0.4, -0.2) is 52.2 Å². The van der Waals surface area contributed by atoms with Gasteiger partial charge in [-0.1, -0.05) is 18.9 Å². The molecular formula is C21H28N6O. The van der Waals surface area contributed by atoms with Crippen LogP contribution in [0.2, 0.25) is 0 Å². The molecule has 7 nitrogen and oxygen atoms in total. The molecule has 148 valence electrons. The van der Waals surface area contributed by atoms with E-state index in [9.17, 15) is 4.79 Å². The van der Waals surface area contributed by atoms with Crippen molar-refractivity contribution in [2.45, 2.75) is 39.0 Å². The third-order valence-electron chi connectivity index (χ3n) is 5.71. The molecule has 28 heavy (non-hydrogen) atoms. The molecule has 2 aliphatic rings. The minimum Gasteiger partial charge on any atom is -0.352 e. The highest BCUT2D eigenvalue weighted by Gasteiger charge is 2.25. The predicted octanol–water partition coefficient (Wildman–Crippen LogP) is 3.15. The van der Waals surface area contributed by atoms with Crippen LogP contribution in [0.15, 0.2) is 30.5 Å². The third kappa shape index (κ3) is 4.58. The van der Waals surface area contributed by atoms with Crippen LogP contribution in [0.5, 0.6) is 0 Å². The fourth-order valence-electron chi connectivity index (χ4n) is 4.01. The lowest BCUT2D eigenvalue weighted by molar-refractivity contribution is -0.132. The number of hydrogen-bond donors (Lipinski definition) is 1. The van der Waals surface area contributed by atoms with Gasteiger partial charge in [-0.15, -0.1) is 10.2 Å². The molecule has 0 spiro atoms. The maximum Gasteiger partial charge on any atom is 0.222 e. The molecule has 3 heterocycles. The fraction of sp³-hybridized carbons (Fsp3) is 0.524. The van der Waals surface area contributed by atoms with Gasteiger partial charge < -0.3 is 15.1 Å². The summed E-state index contributed by atoms with van der Waals surface area (Å²) in [6.45, 7) is 5.14. The molecule has 0 bridgehead atoms. The second kappa shape index (κ2) is 8.54. The van der Waals surface area contributed by atoms with Gasteiger partial charge in [0.1, 0.15) is 5.82 Å². The Hall–Kier alpha value is -2.70. The van der Waals surface area contributed by atoms with Gasteiger partial charge >= 0.3 is 0 Å². The molecule has 4 rings (SSSR count). The molecule has 0 aromatic carbocycles. The number of aromatic nitrogens is 3. The summed E-state index contributed by atoms with van der Waals surface area (Å²) in [5.41, 5.74) is 1.12. The quantitative estimate of drug-likeness (QED) is 0.859. The molecule has 1 saturated carbocycles. The summed E-state index contributed by atoms with van der Waals surface area (Å²) in [5.74, 6) is 3.21. The Kier molecular flexibility index (Phi) is 5.69. The van der Waals surface area contributed by atoms with Crippen LogP contribution in [0.3, 0.4) is 0 Å². The molecule has 2 aromatic rings. The van der Waals surface area contributed by atoms with Crippen LogP contribution < -0.4 is 10.2 Å². The van der Waals surface area contributed by atoms with Crippen molar-refractivity contribution >= 4 is 23.4 Å². The number of rotatable bonds is 5. The maximum absolute atomic E-state index is 12.5. The van der Waals surface area contributed by atoms with E-state index in [1.54, 1.807) is 0 Å². The zero-order valence-corrected chi connectivity index (χ0v) is 16.5. The SMILES string of the molecule is Cc1ccc(Nc2ccc(N3CCN(C(=O)CC4CCCC4)CC3)nn2)nc1. The topological polar surface area (TPSA) is 74.2 Å². The molecule has 1 N–H and O–H groups in total. The van der Waals surface area contributed by atoms with E-state index >= 15 is 0 Å². The number of carbonyl (C=O) groups excluding carboxylic acids is 1. The normalized spacial score (nSPS) is 17.8. The van der Waals surface area contributed by atoms with Gasteiger partial charge in [0.25, 0.3) is 0 Å². The lowest BCUT2D eigenvalue weighted by atomic mass is 10.0. The van der Waals surface area contributed by atoms with Crippen LogP contribution in [0, 0.1) is 12.8 Å². The summed E-state index contributed by atoms with van der Waals surface area (Å²) in [4.78, 5) is 21.0. The number of aryl methyl sites for hydroxylation is 1. The second-order valence-corrected chi connectivity index (χ2v) is 7.85. The molecule has 1 aliphatic heterocycles. The highest BCUT2D eigenvalue weighted by atomic mass is 16.2. The Bertz CT molecular complexity index is 778. The number of nitrogens with zero attached hydrogens (tertiary/aromatic N) is 5. The summed E-state index contributed by atoms with van der Waals surface area (Å²) < 4.78 is 0. The average molecular weight is 380 g/mol. The number of pyridine rings is 1. The van der Waals surface area contributed by atoms with Crippen molar-refractivity contribution in [3.63, 3.8) is 0 Å². The monoisotopic (exact) mass is 380 g/mol. The largest absolute Gasteiger partial charge is 0.352 e. The maximum atomic E-state index is 12.5. The van der Waals surface area contributed by atoms with Gasteiger partial charge in [-0.25, -0.2) is 4.98 Å². The molecule has 2 fully saturated rings. The van der Waals surface area contributed by atoms with Crippen LogP contribution in [0.1, 0.15) is 37.7 Å². The van der Waals surface area contributed by atoms with Crippen molar-refractivity contribution in [1.29, 1.82) is 0 Å². The molecule has 0 unspecified atom stereocenters. The number of hydrogen-bond acceptors (Lipinski definition) is 6. The summed E-state index contributed by atoms with van der Waals surface area (Å²) >= 11 is 0. The highest BCUT2D eigenvalue weighted by Crippen LogP contribution is 2.28. The standard InChI is InChI=1S/C21H28N6O/c1-16-6-7-18(22-15-16)23-19-8-9-20(25-24-19)26-10-12-27(13-11-26)21(28)14-17-4-2-3-5-17/h6-9,15,17H,2-5,10-14H2,1H3,(H,22,23,24). The van der Waals surface area contributed by atoms with E-state index in [2.05, 4.69) is 25.4 Å². The van der Waals surface area contributed by atoms with E-state index in [0.29, 0.717) is 17.6 Å². The average Bonchev–Trinajstić information content (AvgIpc) is 3.23. The molecule has 2 aromatic heterocycles. The number of nitrogens with one attached hydrogen (secondary N) is 1. The number of carbonyl (C=O) groups is 1. The van der Waals surface area contributed by atoms with Gasteiger partial charge in [0.05, 0.1) is 0 Å². The zero-order chi connectivity index (χ0) is 19.3. The first-order chi connectivity index (χ1) is 13.7. The third-order valence-corrected chi connectivity index (χ3v) is 5.71. The Labute approximate surface area is 166 Å². The van der Waals surface area contributed by atoms with E-state index in [-0.39, 0.29) is 0 Å². The van der Waals surface area contributed by atoms with Crippen molar-refractivity contribution in [3.8, 4) is 0 Å². The van der Waals surface area contributed by atoms with Crippen molar-refractivity contribution in [3.05, 3.63) is 36.0 Å². The second-order valence-electron chi connectivity index (χ2n) is 7.85. The van der Waals surface area contributed by atoms with Crippen LogP contribution >= 0.6 is 0 Å². The smallest absolute Gasteiger partial charge is 0.222 e. The molecule has 1 amide bonds. The first-order valence-electron chi connectivity index (χ1n) is 10.2. The van der Waals surface area contributed by atoms with Crippen LogP contribution in [-0.2, 0) is 4.79 Å². The molecule has 0 atom stereocenters. The number of anilines is 3. The van der Waals surface area contributed by atoms with E-state index in [4.69, 9.17) is 0 Å². The van der Waals surface area contributed by atoms with Gasteiger partial charge in [-0.2, -0.15) is 0 Å². The summed E-state index contributed by atoms with van der Waals surface area (Å²) in [7, 11) is 0. The lowest BCUT2D eigenvalue weighted by Crippen LogP contribution is -2.49. The Morgan fingerprint density at radius 3 is 2.43 bits per heavy atom. The summed E-state index contributed by atoms with van der Waals surface area (Å²) in [5, 5.41) is 11.8. The zero-order valence-electron chi connectivity index (χ0n) is 16.5.